The van der Waals surface area contributed by atoms with E-state index in [9.17, 15) is 33.7 Å². The molecule has 0 aliphatic rings. The van der Waals surface area contributed by atoms with E-state index in [1.165, 1.54) is 0 Å². The summed E-state index contributed by atoms with van der Waals surface area (Å²) in [6.07, 6.45) is 0. The van der Waals surface area contributed by atoms with Crippen molar-refractivity contribution in [3.63, 3.8) is 0 Å². The van der Waals surface area contributed by atoms with E-state index in [0.29, 0.717) is 5.75 Å². The summed E-state index contributed by atoms with van der Waals surface area (Å²) in [4.78, 5) is 0. The molecule has 0 saturated carbocycles. The van der Waals surface area contributed by atoms with Crippen LogP contribution in [0, 0.1) is 5.92 Å². The lowest BCUT2D eigenvalue weighted by Crippen LogP contribution is -2.45. The minimum Gasteiger partial charge on any atom is -0.229 e. The molecule has 0 amide bonds. The normalized spacial score (nSPS) is 13.2. The SMILES string of the molecule is CC(C)CS(=O)(=O)C(C)C.CC(C)N(C(C)C)S(=O)(=O)C(C)C.CC(C)NS(=O)(=O)C(C)C.CC(C)S(=O)(=O)C(C)C. The third-order valence-electron chi connectivity index (χ3n) is 5.53. The summed E-state index contributed by atoms with van der Waals surface area (Å²) in [7, 11) is -11.8. The molecule has 0 aliphatic carbocycles. The Labute approximate surface area is 262 Å². The summed E-state index contributed by atoms with van der Waals surface area (Å²) in [6.45, 7) is 32.1. The Morgan fingerprint density at radius 2 is 0.810 bits per heavy atom. The summed E-state index contributed by atoms with van der Waals surface area (Å²) < 4.78 is 94.1. The van der Waals surface area contributed by atoms with Crippen LogP contribution in [0.4, 0.5) is 0 Å². The van der Waals surface area contributed by atoms with Crippen LogP contribution in [0.25, 0.3) is 0 Å². The minimum atomic E-state index is -3.10. The predicted molar refractivity (Wildman–Crippen MR) is 181 cm³/mol. The van der Waals surface area contributed by atoms with Crippen molar-refractivity contribution in [1.82, 2.24) is 9.03 Å². The molecule has 0 spiro atoms. The third-order valence-corrected chi connectivity index (χ3v) is 15.4. The van der Waals surface area contributed by atoms with Gasteiger partial charge in [0.2, 0.25) is 20.0 Å². The van der Waals surface area contributed by atoms with E-state index in [1.807, 2.05) is 41.5 Å². The van der Waals surface area contributed by atoms with Crippen molar-refractivity contribution in [1.29, 1.82) is 0 Å². The smallest absolute Gasteiger partial charge is 0.216 e. The maximum atomic E-state index is 11.8. The van der Waals surface area contributed by atoms with Crippen molar-refractivity contribution in [3.8, 4) is 0 Å². The van der Waals surface area contributed by atoms with Crippen LogP contribution in [-0.2, 0) is 39.7 Å². The zero-order valence-corrected chi connectivity index (χ0v) is 33.0. The number of hydrogen-bond donors (Lipinski definition) is 1. The summed E-state index contributed by atoms with van der Waals surface area (Å²) in [5.74, 6) is 0.553. The van der Waals surface area contributed by atoms with Gasteiger partial charge in [-0.25, -0.2) is 38.4 Å². The van der Waals surface area contributed by atoms with Crippen molar-refractivity contribution < 1.29 is 33.7 Å². The molecule has 0 atom stereocenters. The molecule has 0 bridgehead atoms. The minimum absolute atomic E-state index is 0.00704. The van der Waals surface area contributed by atoms with Crippen LogP contribution >= 0.6 is 0 Å². The average Bonchev–Trinajstić information content (AvgIpc) is 2.71. The number of rotatable bonds is 12. The van der Waals surface area contributed by atoms with Crippen molar-refractivity contribution in [2.24, 2.45) is 5.92 Å². The Morgan fingerprint density at radius 1 is 0.476 bits per heavy atom. The van der Waals surface area contributed by atoms with Crippen molar-refractivity contribution in [3.05, 3.63) is 0 Å². The zero-order valence-electron chi connectivity index (χ0n) is 29.7. The quantitative estimate of drug-likeness (QED) is 0.292. The highest BCUT2D eigenvalue weighted by molar-refractivity contribution is 7.92. The molecule has 0 aromatic carbocycles. The van der Waals surface area contributed by atoms with Crippen LogP contribution in [0.3, 0.4) is 0 Å². The van der Waals surface area contributed by atoms with Gasteiger partial charge in [0.15, 0.2) is 19.7 Å². The van der Waals surface area contributed by atoms with Gasteiger partial charge in [0.25, 0.3) is 0 Å². The highest BCUT2D eigenvalue weighted by atomic mass is 32.2. The molecule has 0 unspecified atom stereocenters. The first-order chi connectivity index (χ1) is 18.3. The molecule has 42 heavy (non-hydrogen) atoms. The molecular formula is C28H66N2O8S4. The molecule has 10 nitrogen and oxygen atoms in total. The molecule has 260 valence electrons. The Bertz CT molecular complexity index is 1070. The maximum absolute atomic E-state index is 11.8. The Balaban J connectivity index is -0.000000232. The lowest BCUT2D eigenvalue weighted by molar-refractivity contribution is 0.299. The molecule has 1 N–H and O–H groups in total. The van der Waals surface area contributed by atoms with Crippen LogP contribution in [0.2, 0.25) is 0 Å². The number of sulfone groups is 2. The van der Waals surface area contributed by atoms with Gasteiger partial charge in [-0.1, -0.05) is 13.8 Å². The first-order valence-electron chi connectivity index (χ1n) is 14.8. The van der Waals surface area contributed by atoms with E-state index in [2.05, 4.69) is 4.72 Å². The van der Waals surface area contributed by atoms with Gasteiger partial charge in [0.05, 0.1) is 32.0 Å². The topological polar surface area (TPSA) is 152 Å². The third kappa shape index (κ3) is 20.6. The summed E-state index contributed by atoms with van der Waals surface area (Å²) in [5, 5.41) is -1.38. The fourth-order valence-electron chi connectivity index (χ4n) is 3.09. The number of nitrogens with one attached hydrogen (secondary N) is 1. The Kier molecular flexibility index (Phi) is 24.0. The summed E-state index contributed by atoms with van der Waals surface area (Å²) in [5.41, 5.74) is 0. The Hall–Kier alpha value is -0.280. The van der Waals surface area contributed by atoms with Crippen LogP contribution in [0.1, 0.15) is 125 Å². The van der Waals surface area contributed by atoms with Crippen LogP contribution < -0.4 is 4.72 Å². The van der Waals surface area contributed by atoms with Gasteiger partial charge >= 0.3 is 0 Å². The van der Waals surface area contributed by atoms with Gasteiger partial charge in [0, 0.05) is 18.1 Å². The van der Waals surface area contributed by atoms with E-state index >= 15 is 0 Å². The Morgan fingerprint density at radius 3 is 0.881 bits per heavy atom. The molecule has 0 aliphatic heterocycles. The van der Waals surface area contributed by atoms with Gasteiger partial charge in [-0.3, -0.25) is 0 Å². The van der Waals surface area contributed by atoms with Gasteiger partial charge < -0.3 is 0 Å². The highest BCUT2D eigenvalue weighted by Gasteiger charge is 2.30. The van der Waals surface area contributed by atoms with Crippen LogP contribution in [-0.4, -0.2) is 88.1 Å². The molecule has 0 rings (SSSR count). The molecule has 0 fully saturated rings. The van der Waals surface area contributed by atoms with E-state index in [-0.39, 0.29) is 50.3 Å². The number of nitrogens with zero attached hydrogens (tertiary/aromatic N) is 1. The lowest BCUT2D eigenvalue weighted by atomic mass is 10.3. The second-order valence-electron chi connectivity index (χ2n) is 12.9. The molecule has 0 heterocycles. The van der Waals surface area contributed by atoms with E-state index in [0.717, 1.165) is 0 Å². The monoisotopic (exact) mass is 686 g/mol. The van der Waals surface area contributed by atoms with E-state index < -0.39 is 39.7 Å². The van der Waals surface area contributed by atoms with Crippen LogP contribution in [0.5, 0.6) is 0 Å². The van der Waals surface area contributed by atoms with Gasteiger partial charge in [0.1, 0.15) is 0 Å². The number of sulfonamides is 2. The molecule has 0 saturated heterocycles. The summed E-state index contributed by atoms with van der Waals surface area (Å²) in [6, 6.07) is 0.0622. The van der Waals surface area contributed by atoms with Crippen molar-refractivity contribution in [2.45, 2.75) is 169 Å². The van der Waals surface area contributed by atoms with Crippen LogP contribution in [0.15, 0.2) is 0 Å². The number of hydrogen-bond acceptors (Lipinski definition) is 8. The van der Waals surface area contributed by atoms with E-state index in [4.69, 9.17) is 0 Å². The fourth-order valence-corrected chi connectivity index (χ4v) is 8.09. The van der Waals surface area contributed by atoms with Gasteiger partial charge in [-0.15, -0.1) is 0 Å². The lowest BCUT2D eigenvalue weighted by Gasteiger charge is -2.31. The second kappa shape index (κ2) is 20.7. The van der Waals surface area contributed by atoms with Crippen molar-refractivity contribution >= 4 is 39.7 Å². The van der Waals surface area contributed by atoms with Gasteiger partial charge in [-0.2, -0.15) is 4.31 Å². The first-order valence-corrected chi connectivity index (χ1v) is 21.2. The standard InChI is InChI=1S/C9H21NO2S.C7H16O2S.C6H15NO2S.C6H14O2S/c1-7(2)10(8(3)4)13(11,12)9(5)6;1-6(2)5-10(8,9)7(3)4;1-5(2)7-10(8,9)6(3)4;1-5(2)9(7,8)6(3)4/h7-9H,1-6H3;6-7H,5H2,1-4H3;5-7H,1-4H3;5-6H,1-4H3. The van der Waals surface area contributed by atoms with E-state index in [1.54, 1.807) is 87.4 Å². The largest absolute Gasteiger partial charge is 0.229 e. The molecule has 14 heteroatoms. The maximum Gasteiger partial charge on any atom is 0.216 e. The molecular weight excluding hydrogens is 621 g/mol. The molecule has 0 aromatic rings. The fraction of sp³-hybridized carbons (Fsp3) is 1.00. The average molecular weight is 687 g/mol. The van der Waals surface area contributed by atoms with Gasteiger partial charge in [-0.05, 0) is 117 Å². The first kappa shape index (κ1) is 48.6. The van der Waals surface area contributed by atoms with Crippen molar-refractivity contribution in [2.75, 3.05) is 5.75 Å². The highest BCUT2D eigenvalue weighted by Crippen LogP contribution is 2.16. The second-order valence-corrected chi connectivity index (χ2v) is 23.3. The zero-order chi connectivity index (χ0) is 35.2. The molecule has 0 aromatic heterocycles. The molecule has 0 radical (unpaired) electrons. The predicted octanol–water partition coefficient (Wildman–Crippen LogP) is 5.25. The summed E-state index contributed by atoms with van der Waals surface area (Å²) >= 11 is 0.